The number of benzene rings is 3. The third kappa shape index (κ3) is 4.31. The van der Waals surface area contributed by atoms with Crippen molar-refractivity contribution in [2.75, 3.05) is 10.6 Å². The summed E-state index contributed by atoms with van der Waals surface area (Å²) in [4.78, 5) is 18.4. The second kappa shape index (κ2) is 7.22. The number of hydrogen-bond acceptors (Lipinski definition) is 3. The molecular formula is C17H14ClFNO5PS. The SMILES string of the molecule is O=P(O)(O)CN(c1cccc2ccccc12)S(=O)(=O)c1cc(F)cc(Cl)c1. The molecule has 6 nitrogen and oxygen atoms in total. The first-order valence-corrected chi connectivity index (χ1v) is 11.2. The Kier molecular flexibility index (Phi) is 5.29. The second-order valence-electron chi connectivity index (χ2n) is 5.76. The van der Waals surface area contributed by atoms with Crippen LogP contribution in [-0.4, -0.2) is 24.5 Å². The molecule has 0 amide bonds. The van der Waals surface area contributed by atoms with E-state index in [9.17, 15) is 27.2 Å². The third-order valence-electron chi connectivity index (χ3n) is 3.77. The van der Waals surface area contributed by atoms with E-state index >= 15 is 0 Å². The highest BCUT2D eigenvalue weighted by Crippen LogP contribution is 2.41. The summed E-state index contributed by atoms with van der Waals surface area (Å²) in [5.74, 6) is -0.880. The summed E-state index contributed by atoms with van der Waals surface area (Å²) in [5, 5.41) is 1.00. The summed E-state index contributed by atoms with van der Waals surface area (Å²) < 4.78 is 52.2. The van der Waals surface area contributed by atoms with Crippen molar-refractivity contribution in [2.45, 2.75) is 4.90 Å². The third-order valence-corrected chi connectivity index (χ3v) is 6.57. The summed E-state index contributed by atoms with van der Waals surface area (Å²) in [5.41, 5.74) is 0.0665. The molecule has 0 aliphatic carbocycles. The van der Waals surface area contributed by atoms with E-state index in [1.165, 1.54) is 6.07 Å². The fraction of sp³-hybridized carbons (Fsp3) is 0.0588. The number of nitrogens with zero attached hydrogens (tertiary/aromatic N) is 1. The fourth-order valence-corrected chi connectivity index (χ4v) is 5.72. The van der Waals surface area contributed by atoms with E-state index in [2.05, 4.69) is 0 Å². The van der Waals surface area contributed by atoms with Crippen LogP contribution in [0.5, 0.6) is 0 Å². The van der Waals surface area contributed by atoms with Gasteiger partial charge in [0, 0.05) is 10.4 Å². The monoisotopic (exact) mass is 429 g/mol. The molecule has 0 aliphatic rings. The molecule has 3 rings (SSSR count). The van der Waals surface area contributed by atoms with Gasteiger partial charge in [-0.3, -0.25) is 8.87 Å². The Morgan fingerprint density at radius 2 is 1.70 bits per heavy atom. The smallest absolute Gasteiger partial charge is 0.323 e. The summed E-state index contributed by atoms with van der Waals surface area (Å²) in [6.45, 7) is 0. The molecule has 0 aliphatic heterocycles. The lowest BCUT2D eigenvalue weighted by Crippen LogP contribution is -2.32. The van der Waals surface area contributed by atoms with Crippen molar-refractivity contribution in [1.82, 2.24) is 0 Å². The zero-order valence-corrected chi connectivity index (χ0v) is 16.1. The molecule has 27 heavy (non-hydrogen) atoms. The molecule has 0 fully saturated rings. The van der Waals surface area contributed by atoms with Gasteiger partial charge in [-0.05, 0) is 29.7 Å². The number of fused-ring (bicyclic) bond motifs is 1. The van der Waals surface area contributed by atoms with E-state index in [0.717, 1.165) is 18.2 Å². The van der Waals surface area contributed by atoms with Gasteiger partial charge in [0.15, 0.2) is 0 Å². The van der Waals surface area contributed by atoms with E-state index < -0.39 is 34.6 Å². The lowest BCUT2D eigenvalue weighted by Gasteiger charge is -2.26. The molecule has 0 atom stereocenters. The van der Waals surface area contributed by atoms with E-state index in [4.69, 9.17) is 11.6 Å². The zero-order valence-electron chi connectivity index (χ0n) is 13.7. The second-order valence-corrected chi connectivity index (χ2v) is 9.67. The van der Waals surface area contributed by atoms with Gasteiger partial charge < -0.3 is 9.79 Å². The van der Waals surface area contributed by atoms with Crippen LogP contribution in [0.2, 0.25) is 5.02 Å². The molecule has 0 radical (unpaired) electrons. The first kappa shape index (κ1) is 19.8. The molecule has 142 valence electrons. The quantitative estimate of drug-likeness (QED) is 0.598. The molecule has 0 bridgehead atoms. The van der Waals surface area contributed by atoms with Crippen LogP contribution in [0.25, 0.3) is 10.8 Å². The molecule has 2 N–H and O–H groups in total. The van der Waals surface area contributed by atoms with Crippen LogP contribution in [0.1, 0.15) is 0 Å². The molecule has 0 saturated carbocycles. The van der Waals surface area contributed by atoms with Crippen LogP contribution < -0.4 is 4.31 Å². The maximum absolute atomic E-state index is 13.7. The van der Waals surface area contributed by atoms with Crippen LogP contribution in [-0.2, 0) is 14.6 Å². The van der Waals surface area contributed by atoms with Gasteiger partial charge in [0.1, 0.15) is 12.1 Å². The molecular weight excluding hydrogens is 416 g/mol. The van der Waals surface area contributed by atoms with Gasteiger partial charge in [-0.2, -0.15) is 0 Å². The molecule has 0 heterocycles. The Morgan fingerprint density at radius 1 is 1.04 bits per heavy atom. The highest BCUT2D eigenvalue weighted by molar-refractivity contribution is 7.93. The van der Waals surface area contributed by atoms with Crippen molar-refractivity contribution in [3.63, 3.8) is 0 Å². The van der Waals surface area contributed by atoms with E-state index in [1.54, 1.807) is 36.4 Å². The predicted molar refractivity (Wildman–Crippen MR) is 102 cm³/mol. The van der Waals surface area contributed by atoms with Crippen molar-refractivity contribution >= 4 is 45.7 Å². The number of anilines is 1. The zero-order chi connectivity index (χ0) is 19.8. The van der Waals surface area contributed by atoms with Crippen LogP contribution in [0.4, 0.5) is 10.1 Å². The Labute approximate surface area is 160 Å². The summed E-state index contributed by atoms with van der Waals surface area (Å²) in [6.07, 6.45) is -1.10. The largest absolute Gasteiger partial charge is 0.345 e. The highest BCUT2D eigenvalue weighted by atomic mass is 35.5. The first-order valence-electron chi connectivity index (χ1n) is 7.59. The Morgan fingerprint density at radius 3 is 2.37 bits per heavy atom. The highest BCUT2D eigenvalue weighted by Gasteiger charge is 2.32. The van der Waals surface area contributed by atoms with Gasteiger partial charge in [0.05, 0.1) is 10.6 Å². The van der Waals surface area contributed by atoms with Crippen LogP contribution in [0, 0.1) is 5.82 Å². The minimum absolute atomic E-state index is 0.0665. The van der Waals surface area contributed by atoms with E-state index in [1.807, 2.05) is 0 Å². The van der Waals surface area contributed by atoms with Crippen LogP contribution >= 0.6 is 19.2 Å². The van der Waals surface area contributed by atoms with E-state index in [0.29, 0.717) is 15.1 Å². The molecule has 3 aromatic rings. The van der Waals surface area contributed by atoms with Gasteiger partial charge in [-0.15, -0.1) is 0 Å². The number of halogens is 2. The molecule has 10 heteroatoms. The topological polar surface area (TPSA) is 94.9 Å². The Hall–Kier alpha value is -1.96. The van der Waals surface area contributed by atoms with Crippen molar-refractivity contribution in [1.29, 1.82) is 0 Å². The van der Waals surface area contributed by atoms with Gasteiger partial charge in [-0.25, -0.2) is 12.8 Å². The molecule has 0 aromatic heterocycles. The average Bonchev–Trinajstić information content (AvgIpc) is 2.57. The number of sulfonamides is 1. The van der Waals surface area contributed by atoms with Gasteiger partial charge >= 0.3 is 7.60 Å². The minimum Gasteiger partial charge on any atom is -0.323 e. The summed E-state index contributed by atoms with van der Waals surface area (Å²) in [6, 6.07) is 14.2. The molecule has 0 saturated heterocycles. The summed E-state index contributed by atoms with van der Waals surface area (Å²) in [7, 11) is -9.29. The lowest BCUT2D eigenvalue weighted by atomic mass is 10.1. The lowest BCUT2D eigenvalue weighted by molar-refractivity contribution is 0.373. The number of rotatable bonds is 5. The predicted octanol–water partition coefficient (Wildman–Crippen LogP) is 3.96. The number of hydrogen-bond donors (Lipinski definition) is 2. The molecule has 0 spiro atoms. The standard InChI is InChI=1S/C17H14ClFNO5PS/c18-13-8-14(19)10-15(9-13)27(24,25)20(11-26(21,22)23)17-7-3-5-12-4-1-2-6-16(12)17/h1-10H,11H2,(H2,21,22,23). The normalized spacial score (nSPS) is 12.3. The maximum atomic E-state index is 13.7. The van der Waals surface area contributed by atoms with Gasteiger partial charge in [0.2, 0.25) is 0 Å². The fourth-order valence-electron chi connectivity index (χ4n) is 2.68. The van der Waals surface area contributed by atoms with Crippen LogP contribution in [0.15, 0.2) is 65.6 Å². The minimum atomic E-state index is -4.79. The Balaban J connectivity index is 2.26. The van der Waals surface area contributed by atoms with Crippen molar-refractivity contribution in [3.8, 4) is 0 Å². The van der Waals surface area contributed by atoms with Crippen LogP contribution in [0.3, 0.4) is 0 Å². The van der Waals surface area contributed by atoms with Gasteiger partial charge in [-0.1, -0.05) is 48.0 Å². The van der Waals surface area contributed by atoms with Gasteiger partial charge in [0.25, 0.3) is 10.0 Å². The first-order chi connectivity index (χ1) is 12.6. The average molecular weight is 430 g/mol. The molecule has 3 aromatic carbocycles. The summed E-state index contributed by atoms with van der Waals surface area (Å²) >= 11 is 5.76. The van der Waals surface area contributed by atoms with E-state index in [-0.39, 0.29) is 10.7 Å². The molecule has 0 unspecified atom stereocenters. The van der Waals surface area contributed by atoms with Crippen molar-refractivity contribution < 1.29 is 27.2 Å². The maximum Gasteiger partial charge on any atom is 0.345 e. The Bertz CT molecular complexity index is 1140. The van der Waals surface area contributed by atoms with Crippen molar-refractivity contribution in [3.05, 3.63) is 71.5 Å². The van der Waals surface area contributed by atoms with Crippen molar-refractivity contribution in [2.24, 2.45) is 0 Å².